The lowest BCUT2D eigenvalue weighted by Gasteiger charge is -1.87. The van der Waals surface area contributed by atoms with Gasteiger partial charge < -0.3 is 9.13 Å². The van der Waals surface area contributed by atoms with E-state index in [1.807, 2.05) is 21.5 Å². The van der Waals surface area contributed by atoms with Gasteiger partial charge in [-0.1, -0.05) is 7.43 Å². The molecule has 0 spiro atoms. The summed E-state index contributed by atoms with van der Waals surface area (Å²) in [5, 5.41) is 0. The Labute approximate surface area is 119 Å². The molecule has 8 nitrogen and oxygen atoms in total. The molecule has 0 amide bonds. The van der Waals surface area contributed by atoms with Gasteiger partial charge in [-0.2, -0.15) is 8.42 Å². The summed E-state index contributed by atoms with van der Waals surface area (Å²) < 4.78 is 35.6. The summed E-state index contributed by atoms with van der Waals surface area (Å²) in [5.74, 6) is 0. The van der Waals surface area contributed by atoms with Gasteiger partial charge in [-0.3, -0.25) is 9.11 Å². The van der Waals surface area contributed by atoms with Gasteiger partial charge in [0, 0.05) is 37.9 Å². The van der Waals surface area contributed by atoms with Crippen molar-refractivity contribution in [2.24, 2.45) is 0 Å². The molecule has 0 aromatic carbocycles. The minimum absolute atomic E-state index is 0. The van der Waals surface area contributed by atoms with E-state index in [1.54, 1.807) is 25.0 Å². The molecule has 0 fully saturated rings. The van der Waals surface area contributed by atoms with E-state index in [1.165, 1.54) is 0 Å². The first kappa shape index (κ1) is 20.6. The van der Waals surface area contributed by atoms with Crippen LogP contribution >= 0.6 is 0 Å². The van der Waals surface area contributed by atoms with Crippen molar-refractivity contribution in [3.05, 3.63) is 37.4 Å². The van der Waals surface area contributed by atoms with E-state index in [4.69, 9.17) is 17.5 Å². The number of nitrogens with zero attached hydrogens (tertiary/aromatic N) is 4. The van der Waals surface area contributed by atoms with Gasteiger partial charge in [0.15, 0.2) is 0 Å². The van der Waals surface area contributed by atoms with Crippen molar-refractivity contribution >= 4 is 10.4 Å². The second-order valence-electron chi connectivity index (χ2n) is 3.23. The van der Waals surface area contributed by atoms with Crippen LogP contribution in [0.1, 0.15) is 21.3 Å². The highest BCUT2D eigenvalue weighted by Crippen LogP contribution is 1.81. The van der Waals surface area contributed by atoms with Crippen LogP contribution in [-0.4, -0.2) is 36.6 Å². The normalized spacial score (nSPS) is 9.40. The fraction of sp³-hybridized carbons (Fsp3) is 0.455. The van der Waals surface area contributed by atoms with E-state index in [9.17, 15) is 0 Å². The number of hydrogen-bond donors (Lipinski definition) is 2. The highest BCUT2D eigenvalue weighted by molar-refractivity contribution is 7.79. The maximum Gasteiger partial charge on any atom is 0.394 e. The molecule has 2 N–H and O–H groups in total. The first-order chi connectivity index (χ1) is 8.86. The molecule has 0 saturated carbocycles. The van der Waals surface area contributed by atoms with Gasteiger partial charge in [-0.05, 0) is 13.8 Å². The first-order valence-electron chi connectivity index (χ1n) is 5.48. The maximum atomic E-state index is 8.74. The second kappa shape index (κ2) is 11.1. The topological polar surface area (TPSA) is 110 Å². The van der Waals surface area contributed by atoms with Crippen LogP contribution in [0.5, 0.6) is 0 Å². The van der Waals surface area contributed by atoms with Crippen molar-refractivity contribution in [1.82, 2.24) is 19.1 Å². The van der Waals surface area contributed by atoms with E-state index >= 15 is 0 Å². The fourth-order valence-electron chi connectivity index (χ4n) is 0.948. The Morgan fingerprint density at radius 2 is 1.25 bits per heavy atom. The van der Waals surface area contributed by atoms with Gasteiger partial charge in [0.1, 0.15) is 0 Å². The molecule has 0 saturated heterocycles. The van der Waals surface area contributed by atoms with Gasteiger partial charge in [0.2, 0.25) is 0 Å². The Hall–Kier alpha value is -1.71. The molecule has 9 heteroatoms. The van der Waals surface area contributed by atoms with Gasteiger partial charge in [-0.25, -0.2) is 9.97 Å². The molecule has 2 heterocycles. The minimum Gasteiger partial charge on any atom is -0.338 e. The average Bonchev–Trinajstić information content (AvgIpc) is 3.01. The Balaban J connectivity index is 0. The summed E-state index contributed by atoms with van der Waals surface area (Å²) in [7, 11) is -4.67. The standard InChI is InChI=1S/2C5H8N2.CH4.H2O4S/c2*1-2-7-4-3-6-5-7;;1-5(2,3)4/h2*3-5H,2H2,1H3;1H4;(H2,1,2,3,4). The molecule has 20 heavy (non-hydrogen) atoms. The van der Waals surface area contributed by atoms with Gasteiger partial charge in [0.25, 0.3) is 0 Å². The van der Waals surface area contributed by atoms with Crippen molar-refractivity contribution in [3.63, 3.8) is 0 Å². The molecule has 0 radical (unpaired) electrons. The summed E-state index contributed by atoms with van der Waals surface area (Å²) in [5.41, 5.74) is 0. The predicted octanol–water partition coefficient (Wildman–Crippen LogP) is 1.79. The molecule has 2 rings (SSSR count). The summed E-state index contributed by atoms with van der Waals surface area (Å²) in [4.78, 5) is 7.71. The highest BCUT2D eigenvalue weighted by Gasteiger charge is 1.84. The Morgan fingerprint density at radius 3 is 1.35 bits per heavy atom. The molecular weight excluding hydrogens is 284 g/mol. The van der Waals surface area contributed by atoms with Crippen LogP contribution in [-0.2, 0) is 23.5 Å². The lowest BCUT2D eigenvalue weighted by molar-refractivity contribution is 0.381. The first-order valence-corrected chi connectivity index (χ1v) is 6.87. The monoisotopic (exact) mass is 306 g/mol. The molecule has 0 bridgehead atoms. The Morgan fingerprint density at radius 1 is 0.950 bits per heavy atom. The summed E-state index contributed by atoms with van der Waals surface area (Å²) in [6.07, 6.45) is 11.1. The second-order valence-corrected chi connectivity index (χ2v) is 4.13. The van der Waals surface area contributed by atoms with Crippen LogP contribution < -0.4 is 0 Å². The summed E-state index contributed by atoms with van der Waals surface area (Å²) in [6, 6.07) is 0. The lowest BCUT2D eigenvalue weighted by atomic mass is 10.7. The molecule has 116 valence electrons. The number of aryl methyl sites for hydroxylation is 2. The molecule has 0 atom stereocenters. The number of rotatable bonds is 2. The predicted molar refractivity (Wildman–Crippen MR) is 76.7 cm³/mol. The third-order valence-electron chi connectivity index (χ3n) is 1.85. The van der Waals surface area contributed by atoms with Crippen LogP contribution in [0.2, 0.25) is 0 Å². The summed E-state index contributed by atoms with van der Waals surface area (Å²) in [6.45, 7) is 6.20. The smallest absolute Gasteiger partial charge is 0.338 e. The van der Waals surface area contributed by atoms with E-state index in [-0.39, 0.29) is 7.43 Å². The molecule has 0 aliphatic rings. The van der Waals surface area contributed by atoms with Crippen molar-refractivity contribution in [3.8, 4) is 0 Å². The van der Waals surface area contributed by atoms with E-state index < -0.39 is 10.4 Å². The zero-order chi connectivity index (χ0) is 14.7. The zero-order valence-electron chi connectivity index (χ0n) is 10.8. The Kier molecular flexibility index (Phi) is 11.5. The van der Waals surface area contributed by atoms with Crippen molar-refractivity contribution in [1.29, 1.82) is 0 Å². The largest absolute Gasteiger partial charge is 0.394 e. The van der Waals surface area contributed by atoms with Gasteiger partial charge in [0.05, 0.1) is 12.7 Å². The SMILES string of the molecule is C.CCn1ccnc1.CCn1ccnc1.O=S(=O)(O)O. The lowest BCUT2D eigenvalue weighted by Crippen LogP contribution is -1.89. The number of hydrogen-bond acceptors (Lipinski definition) is 4. The van der Waals surface area contributed by atoms with E-state index in [0.29, 0.717) is 0 Å². The minimum atomic E-state index is -4.67. The van der Waals surface area contributed by atoms with Crippen LogP contribution in [0.25, 0.3) is 0 Å². The number of imidazole rings is 2. The maximum absolute atomic E-state index is 8.74. The van der Waals surface area contributed by atoms with Gasteiger partial charge in [-0.15, -0.1) is 0 Å². The van der Waals surface area contributed by atoms with Crippen molar-refractivity contribution in [2.45, 2.75) is 34.4 Å². The van der Waals surface area contributed by atoms with Crippen LogP contribution in [0, 0.1) is 0 Å². The van der Waals surface area contributed by atoms with Gasteiger partial charge >= 0.3 is 10.4 Å². The molecule has 0 unspecified atom stereocenters. The van der Waals surface area contributed by atoms with Crippen LogP contribution in [0.15, 0.2) is 37.4 Å². The van der Waals surface area contributed by atoms with E-state index in [0.717, 1.165) is 13.1 Å². The van der Waals surface area contributed by atoms with E-state index in [2.05, 4.69) is 23.8 Å². The molecule has 2 aromatic rings. The molecule has 0 aliphatic heterocycles. The molecule has 0 aliphatic carbocycles. The third-order valence-corrected chi connectivity index (χ3v) is 1.85. The van der Waals surface area contributed by atoms with Crippen LogP contribution in [0.3, 0.4) is 0 Å². The molecule has 2 aromatic heterocycles. The Bertz CT molecular complexity index is 466. The average molecular weight is 306 g/mol. The fourth-order valence-corrected chi connectivity index (χ4v) is 0.948. The number of aromatic nitrogens is 4. The zero-order valence-corrected chi connectivity index (χ0v) is 11.6. The van der Waals surface area contributed by atoms with Crippen molar-refractivity contribution in [2.75, 3.05) is 0 Å². The highest BCUT2D eigenvalue weighted by atomic mass is 32.3. The third kappa shape index (κ3) is 14.4. The van der Waals surface area contributed by atoms with Crippen molar-refractivity contribution < 1.29 is 17.5 Å². The summed E-state index contributed by atoms with van der Waals surface area (Å²) >= 11 is 0. The van der Waals surface area contributed by atoms with Crippen LogP contribution in [0.4, 0.5) is 0 Å². The molecular formula is C11H22N4O4S. The quantitative estimate of drug-likeness (QED) is 0.818.